The highest BCUT2D eigenvalue weighted by Crippen LogP contribution is 2.12. The zero-order chi connectivity index (χ0) is 18.9. The Bertz CT molecular complexity index is 728. The average molecular weight is 372 g/mol. The number of nitrogens with one attached hydrogen (secondary N) is 2. The molecule has 0 aliphatic heterocycles. The molecule has 0 heterocycles. The first-order valence-electron chi connectivity index (χ1n) is 8.41. The van der Waals surface area contributed by atoms with E-state index in [-0.39, 0.29) is 23.3 Å². The molecular formula is C20H25N3O2S. The fourth-order valence-electron chi connectivity index (χ4n) is 2.23. The zero-order valence-electron chi connectivity index (χ0n) is 15.4. The van der Waals surface area contributed by atoms with Crippen molar-refractivity contribution in [1.82, 2.24) is 5.32 Å². The van der Waals surface area contributed by atoms with Crippen LogP contribution in [0.3, 0.4) is 0 Å². The van der Waals surface area contributed by atoms with Gasteiger partial charge in [-0.15, -0.1) is 11.8 Å². The zero-order valence-corrected chi connectivity index (χ0v) is 16.2. The molecule has 0 atom stereocenters. The number of anilines is 2. The lowest BCUT2D eigenvalue weighted by Crippen LogP contribution is -2.25. The van der Waals surface area contributed by atoms with Crippen LogP contribution in [0.4, 0.5) is 11.4 Å². The van der Waals surface area contributed by atoms with Gasteiger partial charge in [0.1, 0.15) is 0 Å². The second-order valence-electron chi connectivity index (χ2n) is 6.24. The van der Waals surface area contributed by atoms with Gasteiger partial charge in [0.15, 0.2) is 0 Å². The van der Waals surface area contributed by atoms with Crippen molar-refractivity contribution in [2.75, 3.05) is 35.8 Å². The molecule has 26 heavy (non-hydrogen) atoms. The van der Waals surface area contributed by atoms with E-state index in [4.69, 9.17) is 0 Å². The summed E-state index contributed by atoms with van der Waals surface area (Å²) in [5.41, 5.74) is 4.08. The van der Waals surface area contributed by atoms with E-state index in [1.54, 1.807) is 0 Å². The van der Waals surface area contributed by atoms with Gasteiger partial charge in [-0.25, -0.2) is 0 Å². The molecule has 138 valence electrons. The molecule has 0 radical (unpaired) electrons. The molecule has 0 spiro atoms. The van der Waals surface area contributed by atoms with Crippen LogP contribution in [-0.4, -0.2) is 37.4 Å². The van der Waals surface area contributed by atoms with E-state index in [0.717, 1.165) is 22.5 Å². The van der Waals surface area contributed by atoms with Gasteiger partial charge in [0.05, 0.1) is 11.5 Å². The first kappa shape index (κ1) is 19.8. The molecule has 0 aliphatic carbocycles. The Labute approximate surface area is 159 Å². The summed E-state index contributed by atoms with van der Waals surface area (Å²) in [4.78, 5) is 25.8. The van der Waals surface area contributed by atoms with Crippen molar-refractivity contribution in [3.05, 3.63) is 59.7 Å². The topological polar surface area (TPSA) is 61.4 Å². The molecule has 2 aromatic rings. The maximum absolute atomic E-state index is 11.9. The molecule has 0 saturated carbocycles. The summed E-state index contributed by atoms with van der Waals surface area (Å²) in [5.74, 6) is 0.330. The first-order chi connectivity index (χ1) is 12.4. The number of thioether (sulfide) groups is 1. The van der Waals surface area contributed by atoms with Gasteiger partial charge in [0.2, 0.25) is 11.8 Å². The van der Waals surface area contributed by atoms with Crippen molar-refractivity contribution >= 4 is 35.0 Å². The number of aryl methyl sites for hydroxylation is 1. The van der Waals surface area contributed by atoms with E-state index in [0.29, 0.717) is 6.54 Å². The monoisotopic (exact) mass is 371 g/mol. The van der Waals surface area contributed by atoms with Gasteiger partial charge in [0, 0.05) is 32.0 Å². The van der Waals surface area contributed by atoms with Crippen LogP contribution in [0.15, 0.2) is 48.5 Å². The van der Waals surface area contributed by atoms with Crippen LogP contribution in [0.2, 0.25) is 0 Å². The van der Waals surface area contributed by atoms with Gasteiger partial charge in [-0.2, -0.15) is 0 Å². The molecule has 0 aliphatic rings. The molecule has 6 heteroatoms. The highest BCUT2D eigenvalue weighted by atomic mass is 32.2. The van der Waals surface area contributed by atoms with Crippen LogP contribution >= 0.6 is 11.8 Å². The third kappa shape index (κ3) is 6.80. The Balaban J connectivity index is 1.65. The summed E-state index contributed by atoms with van der Waals surface area (Å²) in [6.07, 6.45) is 0. The van der Waals surface area contributed by atoms with E-state index in [9.17, 15) is 9.59 Å². The minimum absolute atomic E-state index is 0.0742. The van der Waals surface area contributed by atoms with Crippen molar-refractivity contribution < 1.29 is 9.59 Å². The quantitative estimate of drug-likeness (QED) is 0.749. The summed E-state index contributed by atoms with van der Waals surface area (Å²) < 4.78 is 0. The Kier molecular flexibility index (Phi) is 7.53. The third-order valence-corrected chi connectivity index (χ3v) is 4.68. The van der Waals surface area contributed by atoms with Crippen LogP contribution in [0.1, 0.15) is 11.1 Å². The predicted octanol–water partition coefficient (Wildman–Crippen LogP) is 3.05. The summed E-state index contributed by atoms with van der Waals surface area (Å²) in [6, 6.07) is 15.7. The van der Waals surface area contributed by atoms with Gasteiger partial charge in [-0.05, 0) is 36.8 Å². The molecule has 2 aromatic carbocycles. The van der Waals surface area contributed by atoms with Gasteiger partial charge >= 0.3 is 0 Å². The summed E-state index contributed by atoms with van der Waals surface area (Å²) in [6.45, 7) is 2.49. The third-order valence-electron chi connectivity index (χ3n) is 3.74. The SMILES string of the molecule is Cc1ccc(NC(=O)CSCC(=O)NCc2ccc(N(C)C)cc2)cc1. The van der Waals surface area contributed by atoms with Crippen molar-refractivity contribution in [1.29, 1.82) is 0 Å². The lowest BCUT2D eigenvalue weighted by Gasteiger charge is -2.13. The van der Waals surface area contributed by atoms with E-state index < -0.39 is 0 Å². The second-order valence-corrected chi connectivity index (χ2v) is 7.23. The van der Waals surface area contributed by atoms with Gasteiger partial charge in [0.25, 0.3) is 0 Å². The number of hydrogen-bond acceptors (Lipinski definition) is 4. The maximum Gasteiger partial charge on any atom is 0.234 e. The van der Waals surface area contributed by atoms with Crippen LogP contribution in [-0.2, 0) is 16.1 Å². The molecule has 0 aromatic heterocycles. The first-order valence-corrected chi connectivity index (χ1v) is 9.57. The van der Waals surface area contributed by atoms with Crippen molar-refractivity contribution in [3.63, 3.8) is 0 Å². The molecule has 0 fully saturated rings. The average Bonchev–Trinajstić information content (AvgIpc) is 2.62. The predicted molar refractivity (Wildman–Crippen MR) is 110 cm³/mol. The second kappa shape index (κ2) is 9.87. The summed E-state index contributed by atoms with van der Waals surface area (Å²) in [5, 5.41) is 5.69. The Morgan fingerprint density at radius 1 is 0.923 bits per heavy atom. The minimum Gasteiger partial charge on any atom is -0.378 e. The van der Waals surface area contributed by atoms with E-state index in [1.807, 2.05) is 74.4 Å². The standard InChI is InChI=1S/C20H25N3O2S/c1-15-4-8-17(9-5-15)22-20(25)14-26-13-19(24)21-12-16-6-10-18(11-7-16)23(2)3/h4-11H,12-14H2,1-3H3,(H,21,24)(H,22,25). The summed E-state index contributed by atoms with van der Waals surface area (Å²) >= 11 is 1.30. The molecule has 5 nitrogen and oxygen atoms in total. The Morgan fingerprint density at radius 3 is 2.15 bits per heavy atom. The molecule has 2 N–H and O–H groups in total. The van der Waals surface area contributed by atoms with Crippen molar-refractivity contribution in [2.45, 2.75) is 13.5 Å². The van der Waals surface area contributed by atoms with Gasteiger partial charge < -0.3 is 15.5 Å². The number of carbonyl (C=O) groups is 2. The minimum atomic E-state index is -0.106. The van der Waals surface area contributed by atoms with Gasteiger partial charge in [-0.1, -0.05) is 29.8 Å². The lowest BCUT2D eigenvalue weighted by atomic mass is 10.2. The maximum atomic E-state index is 11.9. The van der Waals surface area contributed by atoms with E-state index >= 15 is 0 Å². The molecule has 0 saturated heterocycles. The van der Waals surface area contributed by atoms with Gasteiger partial charge in [-0.3, -0.25) is 9.59 Å². The van der Waals surface area contributed by atoms with Crippen LogP contribution < -0.4 is 15.5 Å². The fourth-order valence-corrected chi connectivity index (χ4v) is 2.88. The number of carbonyl (C=O) groups excluding carboxylic acids is 2. The molecule has 0 bridgehead atoms. The Morgan fingerprint density at radius 2 is 1.54 bits per heavy atom. The van der Waals surface area contributed by atoms with E-state index in [2.05, 4.69) is 10.6 Å². The number of nitrogens with zero attached hydrogens (tertiary/aromatic N) is 1. The fraction of sp³-hybridized carbons (Fsp3) is 0.300. The molecule has 2 amide bonds. The van der Waals surface area contributed by atoms with Crippen LogP contribution in [0, 0.1) is 6.92 Å². The Hall–Kier alpha value is -2.47. The highest BCUT2D eigenvalue weighted by Gasteiger charge is 2.06. The highest BCUT2D eigenvalue weighted by molar-refractivity contribution is 8.00. The number of rotatable bonds is 8. The van der Waals surface area contributed by atoms with Crippen LogP contribution in [0.25, 0.3) is 0 Å². The smallest absolute Gasteiger partial charge is 0.234 e. The molecular weight excluding hydrogens is 346 g/mol. The normalized spacial score (nSPS) is 10.3. The summed E-state index contributed by atoms with van der Waals surface area (Å²) in [7, 11) is 3.98. The van der Waals surface area contributed by atoms with Crippen molar-refractivity contribution in [2.24, 2.45) is 0 Å². The number of amides is 2. The largest absolute Gasteiger partial charge is 0.378 e. The van der Waals surface area contributed by atoms with Crippen molar-refractivity contribution in [3.8, 4) is 0 Å². The number of benzene rings is 2. The molecule has 2 rings (SSSR count). The van der Waals surface area contributed by atoms with E-state index in [1.165, 1.54) is 11.8 Å². The van der Waals surface area contributed by atoms with Crippen LogP contribution in [0.5, 0.6) is 0 Å². The lowest BCUT2D eigenvalue weighted by molar-refractivity contribution is -0.118. The number of hydrogen-bond donors (Lipinski definition) is 2. The molecule has 0 unspecified atom stereocenters.